The molecule has 2 saturated heterocycles. The van der Waals surface area contributed by atoms with Gasteiger partial charge in [-0.25, -0.2) is 9.78 Å². The Kier molecular flexibility index (Phi) is 8.53. The molecule has 1 aromatic carbocycles. The average molecular weight is 590 g/mol. The summed E-state index contributed by atoms with van der Waals surface area (Å²) in [6.07, 6.45) is -0.399. The van der Waals surface area contributed by atoms with Crippen molar-refractivity contribution in [2.75, 3.05) is 39.9 Å². The molecule has 1 amide bonds. The van der Waals surface area contributed by atoms with Crippen molar-refractivity contribution in [1.82, 2.24) is 14.8 Å². The van der Waals surface area contributed by atoms with E-state index in [4.69, 9.17) is 9.47 Å². The number of pyridine rings is 1. The number of aliphatic hydroxyl groups is 1. The van der Waals surface area contributed by atoms with Gasteiger partial charge in [0.15, 0.2) is 0 Å². The normalized spacial score (nSPS) is 24.7. The van der Waals surface area contributed by atoms with Crippen molar-refractivity contribution < 1.29 is 37.3 Å². The Bertz CT molecular complexity index is 1260. The summed E-state index contributed by atoms with van der Waals surface area (Å²) in [5.74, 6) is -0.172. The van der Waals surface area contributed by atoms with Gasteiger partial charge in [-0.15, -0.1) is 0 Å². The lowest BCUT2D eigenvalue weighted by molar-refractivity contribution is -0.256. The lowest BCUT2D eigenvalue weighted by atomic mass is 9.67. The number of esters is 1. The number of benzene rings is 1. The summed E-state index contributed by atoms with van der Waals surface area (Å²) in [5.41, 5.74) is -0.671. The Morgan fingerprint density at radius 1 is 1.07 bits per heavy atom. The van der Waals surface area contributed by atoms with Crippen LogP contribution in [-0.2, 0) is 9.53 Å². The van der Waals surface area contributed by atoms with Crippen LogP contribution in [0.3, 0.4) is 0 Å². The van der Waals surface area contributed by atoms with Gasteiger partial charge in [0.25, 0.3) is 5.91 Å². The van der Waals surface area contributed by atoms with Crippen LogP contribution in [0.5, 0.6) is 5.88 Å². The summed E-state index contributed by atoms with van der Waals surface area (Å²) in [5, 5.41) is 10.1. The predicted octanol–water partition coefficient (Wildman–Crippen LogP) is 4.71. The molecule has 3 heterocycles. The molecule has 228 valence electrons. The predicted molar refractivity (Wildman–Crippen MR) is 149 cm³/mol. The number of alkyl halides is 3. The number of aromatic nitrogens is 1. The van der Waals surface area contributed by atoms with Gasteiger partial charge in [0.2, 0.25) is 5.88 Å². The number of β-amino-alcohol motifs (C(OH)–C–C–N with tert-alkyl or cyclic N) is 1. The summed E-state index contributed by atoms with van der Waals surface area (Å²) in [6.45, 7) is 3.53. The first-order valence-electron chi connectivity index (χ1n) is 14.5. The minimum Gasteiger partial charge on any atom is -0.477 e. The second-order valence-corrected chi connectivity index (χ2v) is 12.2. The van der Waals surface area contributed by atoms with E-state index in [1.807, 2.05) is 11.0 Å². The van der Waals surface area contributed by atoms with Crippen molar-refractivity contribution in [1.29, 1.82) is 0 Å². The number of nitrogens with zero attached hydrogens (tertiary/aromatic N) is 3. The molecule has 1 N–H and O–H groups in total. The molecule has 0 bridgehead atoms. The van der Waals surface area contributed by atoms with E-state index in [-0.39, 0.29) is 44.2 Å². The highest BCUT2D eigenvalue weighted by Crippen LogP contribution is 2.53. The SMILES string of the molecule is COC(=O)[C@]1(C)C[C@@H](O)CN1C(=O)c1ccc(-c2ccc(OCC3CCN(CC4(C(F)(F)F)CCC4)CC3)nc2)cc1. The number of amides is 1. The Hall–Kier alpha value is -3.18. The average Bonchev–Trinajstić information content (AvgIpc) is 3.28. The van der Waals surface area contributed by atoms with Crippen LogP contribution in [-0.4, -0.2) is 89.5 Å². The molecular formula is C31H38F3N3O5. The third-order valence-electron chi connectivity index (χ3n) is 9.31. The Morgan fingerprint density at radius 2 is 1.74 bits per heavy atom. The van der Waals surface area contributed by atoms with E-state index >= 15 is 0 Å². The van der Waals surface area contributed by atoms with Crippen LogP contribution in [0.15, 0.2) is 42.6 Å². The number of rotatable bonds is 8. The summed E-state index contributed by atoms with van der Waals surface area (Å²) in [7, 11) is 1.26. The largest absolute Gasteiger partial charge is 0.477 e. The van der Waals surface area contributed by atoms with Crippen LogP contribution in [0.4, 0.5) is 13.2 Å². The summed E-state index contributed by atoms with van der Waals surface area (Å²) in [4.78, 5) is 33.3. The number of carbonyl (C=O) groups excluding carboxylic acids is 2. The number of ether oxygens (including phenoxy) is 2. The fraction of sp³-hybridized carbons (Fsp3) is 0.581. The molecule has 2 aliphatic heterocycles. The van der Waals surface area contributed by atoms with E-state index < -0.39 is 29.2 Å². The summed E-state index contributed by atoms with van der Waals surface area (Å²) in [6, 6.07) is 10.6. The van der Waals surface area contributed by atoms with Crippen molar-refractivity contribution in [2.45, 2.75) is 63.3 Å². The fourth-order valence-corrected chi connectivity index (χ4v) is 6.44. The quantitative estimate of drug-likeness (QED) is 0.446. The molecule has 0 unspecified atom stereocenters. The molecular weight excluding hydrogens is 551 g/mol. The van der Waals surface area contributed by atoms with Crippen molar-refractivity contribution in [2.24, 2.45) is 11.3 Å². The first kappa shape index (κ1) is 30.3. The second kappa shape index (κ2) is 11.8. The van der Waals surface area contributed by atoms with Crippen molar-refractivity contribution in [3.05, 3.63) is 48.2 Å². The second-order valence-electron chi connectivity index (χ2n) is 12.2. The smallest absolute Gasteiger partial charge is 0.395 e. The summed E-state index contributed by atoms with van der Waals surface area (Å²) >= 11 is 0. The van der Waals surface area contributed by atoms with Gasteiger partial charge >= 0.3 is 12.1 Å². The zero-order valence-corrected chi connectivity index (χ0v) is 24.0. The van der Waals surface area contributed by atoms with Gasteiger partial charge < -0.3 is 24.4 Å². The molecule has 11 heteroatoms. The van der Waals surface area contributed by atoms with E-state index in [1.54, 1.807) is 43.5 Å². The number of halogens is 3. The van der Waals surface area contributed by atoms with Crippen LogP contribution >= 0.6 is 0 Å². The first-order valence-corrected chi connectivity index (χ1v) is 14.5. The maximum absolute atomic E-state index is 13.5. The highest BCUT2D eigenvalue weighted by molar-refractivity contribution is 5.99. The number of likely N-dealkylation sites (tertiary alicyclic amines) is 2. The van der Waals surface area contributed by atoms with Crippen molar-refractivity contribution in [3.8, 4) is 17.0 Å². The first-order chi connectivity index (χ1) is 19.9. The molecule has 1 aliphatic carbocycles. The van der Waals surface area contributed by atoms with E-state index in [1.165, 1.54) is 12.0 Å². The lowest BCUT2D eigenvalue weighted by Gasteiger charge is -2.47. The van der Waals surface area contributed by atoms with Gasteiger partial charge in [0.05, 0.1) is 25.2 Å². The lowest BCUT2D eigenvalue weighted by Crippen LogP contribution is -2.53. The number of hydrogen-bond donors (Lipinski definition) is 1. The molecule has 1 saturated carbocycles. The van der Waals surface area contributed by atoms with Gasteiger partial charge in [-0.2, -0.15) is 13.2 Å². The van der Waals surface area contributed by atoms with Gasteiger partial charge in [0, 0.05) is 42.9 Å². The third-order valence-corrected chi connectivity index (χ3v) is 9.31. The van der Waals surface area contributed by atoms with Gasteiger partial charge in [-0.05, 0) is 75.4 Å². The number of carbonyl (C=O) groups is 2. The third kappa shape index (κ3) is 5.99. The van der Waals surface area contributed by atoms with Crippen molar-refractivity contribution in [3.63, 3.8) is 0 Å². The van der Waals surface area contributed by atoms with Crippen LogP contribution < -0.4 is 4.74 Å². The summed E-state index contributed by atoms with van der Waals surface area (Å²) < 4.78 is 51.4. The molecule has 5 rings (SSSR count). The Morgan fingerprint density at radius 3 is 2.29 bits per heavy atom. The standard InChI is InChI=1S/C31H38F3N3O5/c1-29(28(40)41-2)16-25(38)18-37(29)27(39)23-6-4-22(5-7-23)24-8-9-26(35-17-24)42-19-21-10-14-36(15-11-21)20-30(12-3-13-30)31(32,33)34/h4-9,17,21,25,38H,3,10-16,18-20H2,1-2H3/t25-,29+/m1/s1. The van der Waals surface area contributed by atoms with E-state index in [2.05, 4.69) is 4.98 Å². The van der Waals surface area contributed by atoms with Crippen LogP contribution in [0.25, 0.3) is 11.1 Å². The van der Waals surface area contributed by atoms with E-state index in [0.717, 1.165) is 24.0 Å². The number of hydrogen-bond acceptors (Lipinski definition) is 7. The van der Waals surface area contributed by atoms with Gasteiger partial charge in [0.1, 0.15) is 5.54 Å². The molecule has 8 nitrogen and oxygen atoms in total. The monoisotopic (exact) mass is 589 g/mol. The van der Waals surface area contributed by atoms with Gasteiger partial charge in [-0.1, -0.05) is 18.6 Å². The topological polar surface area (TPSA) is 92.2 Å². The zero-order valence-electron chi connectivity index (χ0n) is 24.0. The van der Waals surface area contributed by atoms with Crippen molar-refractivity contribution >= 4 is 11.9 Å². The number of aliphatic hydroxyl groups excluding tert-OH is 1. The van der Waals surface area contributed by atoms with Crippen LogP contribution in [0.2, 0.25) is 0 Å². The number of methoxy groups -OCH3 is 1. The van der Waals surface area contributed by atoms with E-state index in [9.17, 15) is 27.9 Å². The molecule has 3 fully saturated rings. The van der Waals surface area contributed by atoms with E-state index in [0.29, 0.717) is 37.6 Å². The highest BCUT2D eigenvalue weighted by atomic mass is 19.4. The van der Waals surface area contributed by atoms with Crippen LogP contribution in [0, 0.1) is 11.3 Å². The molecule has 3 aliphatic rings. The molecule has 0 radical (unpaired) electrons. The zero-order chi connectivity index (χ0) is 30.1. The molecule has 2 aromatic rings. The van der Waals surface area contributed by atoms with Crippen LogP contribution in [0.1, 0.15) is 55.8 Å². The number of piperidine rings is 1. The molecule has 0 spiro atoms. The minimum absolute atomic E-state index is 0.0510. The maximum Gasteiger partial charge on any atom is 0.395 e. The highest BCUT2D eigenvalue weighted by Gasteiger charge is 2.58. The molecule has 42 heavy (non-hydrogen) atoms. The molecule has 2 atom stereocenters. The Labute approximate surface area is 243 Å². The van der Waals surface area contributed by atoms with Gasteiger partial charge in [-0.3, -0.25) is 4.79 Å². The minimum atomic E-state index is -4.13. The Balaban J connectivity index is 1.12. The maximum atomic E-state index is 13.5. The molecule has 1 aromatic heterocycles. The fourth-order valence-electron chi connectivity index (χ4n) is 6.44.